The van der Waals surface area contributed by atoms with E-state index in [9.17, 15) is 4.39 Å². The van der Waals surface area contributed by atoms with E-state index in [1.54, 1.807) is 23.2 Å². The van der Waals surface area contributed by atoms with Gasteiger partial charge in [-0.1, -0.05) is 6.07 Å². The van der Waals surface area contributed by atoms with E-state index in [1.807, 2.05) is 6.07 Å². The molecule has 0 radical (unpaired) electrons. The summed E-state index contributed by atoms with van der Waals surface area (Å²) in [5.74, 6) is -0.259. The molecule has 0 spiro atoms. The summed E-state index contributed by atoms with van der Waals surface area (Å²) in [5.41, 5.74) is 6.95. The zero-order valence-electron chi connectivity index (χ0n) is 7.52. The van der Waals surface area contributed by atoms with Crippen molar-refractivity contribution in [3.63, 3.8) is 0 Å². The molecular weight excluding hydrogens is 181 g/mol. The maximum Gasteiger partial charge on any atom is 0.125 e. The Bertz CT molecular complexity index is 436. The van der Waals surface area contributed by atoms with Crippen molar-refractivity contribution in [1.29, 1.82) is 0 Å². The number of hydrogen-bond donors (Lipinski definition) is 1. The Hall–Kier alpha value is -1.68. The number of hydrogen-bond acceptors (Lipinski definition) is 2. The monoisotopic (exact) mass is 191 g/mol. The molecule has 0 unspecified atom stereocenters. The maximum atomic E-state index is 12.9. The van der Waals surface area contributed by atoms with Gasteiger partial charge in [0.25, 0.3) is 0 Å². The van der Waals surface area contributed by atoms with Crippen LogP contribution in [0.2, 0.25) is 0 Å². The maximum absolute atomic E-state index is 12.9. The Balaban J connectivity index is 2.39. The predicted molar refractivity (Wildman–Crippen MR) is 51.4 cm³/mol. The molecule has 0 fully saturated rings. The molecule has 2 aromatic rings. The van der Waals surface area contributed by atoms with Gasteiger partial charge < -0.3 is 10.3 Å². The highest BCUT2D eigenvalue weighted by Gasteiger charge is 1.99. The van der Waals surface area contributed by atoms with Crippen LogP contribution in [0, 0.1) is 5.82 Å². The standard InChI is InChI=1S/C10H10FN3/c11-8-2-1-3-10(4-8)14-6-9(5-12)13-7-14/h1-4,6-7H,5,12H2. The van der Waals surface area contributed by atoms with E-state index in [4.69, 9.17) is 5.73 Å². The summed E-state index contributed by atoms with van der Waals surface area (Å²) in [4.78, 5) is 4.06. The van der Waals surface area contributed by atoms with Crippen molar-refractivity contribution in [3.05, 3.63) is 48.3 Å². The molecule has 3 nitrogen and oxygen atoms in total. The van der Waals surface area contributed by atoms with E-state index in [0.717, 1.165) is 11.4 Å². The second kappa shape index (κ2) is 3.59. The second-order valence-corrected chi connectivity index (χ2v) is 2.96. The molecule has 2 rings (SSSR count). The predicted octanol–water partition coefficient (Wildman–Crippen LogP) is 1.47. The molecule has 14 heavy (non-hydrogen) atoms. The lowest BCUT2D eigenvalue weighted by Gasteiger charge is -2.00. The van der Waals surface area contributed by atoms with Crippen LogP contribution in [-0.2, 0) is 6.54 Å². The molecule has 1 aromatic heterocycles. The number of nitrogens with zero attached hydrogens (tertiary/aromatic N) is 2. The first-order chi connectivity index (χ1) is 6.79. The van der Waals surface area contributed by atoms with E-state index >= 15 is 0 Å². The minimum absolute atomic E-state index is 0.259. The number of nitrogens with two attached hydrogens (primary N) is 1. The lowest BCUT2D eigenvalue weighted by molar-refractivity contribution is 0.626. The van der Waals surface area contributed by atoms with E-state index in [0.29, 0.717) is 6.54 Å². The molecule has 0 aliphatic rings. The van der Waals surface area contributed by atoms with Crippen molar-refractivity contribution >= 4 is 0 Å². The van der Waals surface area contributed by atoms with Crippen molar-refractivity contribution in [2.75, 3.05) is 0 Å². The topological polar surface area (TPSA) is 43.8 Å². The Morgan fingerprint density at radius 3 is 2.93 bits per heavy atom. The van der Waals surface area contributed by atoms with Gasteiger partial charge in [-0.3, -0.25) is 0 Å². The van der Waals surface area contributed by atoms with Crippen molar-refractivity contribution in [2.24, 2.45) is 5.73 Å². The van der Waals surface area contributed by atoms with Gasteiger partial charge in [-0.05, 0) is 18.2 Å². The number of imidazole rings is 1. The summed E-state index contributed by atoms with van der Waals surface area (Å²) in [6.45, 7) is 0.391. The van der Waals surface area contributed by atoms with Crippen LogP contribution in [0.4, 0.5) is 4.39 Å². The molecule has 0 amide bonds. The molecule has 72 valence electrons. The largest absolute Gasteiger partial charge is 0.325 e. The molecular formula is C10H10FN3. The van der Waals surface area contributed by atoms with Crippen molar-refractivity contribution in [1.82, 2.24) is 9.55 Å². The average molecular weight is 191 g/mol. The van der Waals surface area contributed by atoms with Gasteiger partial charge in [-0.15, -0.1) is 0 Å². The van der Waals surface area contributed by atoms with Gasteiger partial charge in [0.1, 0.15) is 5.82 Å². The summed E-state index contributed by atoms with van der Waals surface area (Å²) in [6, 6.07) is 6.32. The van der Waals surface area contributed by atoms with Crippen LogP contribution >= 0.6 is 0 Å². The third-order valence-electron chi connectivity index (χ3n) is 1.95. The normalized spacial score (nSPS) is 10.4. The summed E-state index contributed by atoms with van der Waals surface area (Å²) < 4.78 is 14.6. The Kier molecular flexibility index (Phi) is 2.28. The zero-order valence-corrected chi connectivity index (χ0v) is 7.52. The summed E-state index contributed by atoms with van der Waals surface area (Å²) in [7, 11) is 0. The number of rotatable bonds is 2. The third-order valence-corrected chi connectivity index (χ3v) is 1.95. The Labute approximate surface area is 81.0 Å². The fourth-order valence-electron chi connectivity index (χ4n) is 1.25. The molecule has 0 bridgehead atoms. The molecule has 0 aliphatic carbocycles. The van der Waals surface area contributed by atoms with E-state index in [-0.39, 0.29) is 5.82 Å². The van der Waals surface area contributed by atoms with Gasteiger partial charge in [0.2, 0.25) is 0 Å². The molecule has 1 heterocycles. The van der Waals surface area contributed by atoms with Crippen molar-refractivity contribution < 1.29 is 4.39 Å². The van der Waals surface area contributed by atoms with Crippen LogP contribution in [0.1, 0.15) is 5.69 Å². The smallest absolute Gasteiger partial charge is 0.125 e. The Morgan fingerprint density at radius 1 is 1.43 bits per heavy atom. The van der Waals surface area contributed by atoms with E-state index < -0.39 is 0 Å². The zero-order chi connectivity index (χ0) is 9.97. The molecule has 0 saturated heterocycles. The second-order valence-electron chi connectivity index (χ2n) is 2.96. The summed E-state index contributed by atoms with van der Waals surface area (Å²) >= 11 is 0. The fourth-order valence-corrected chi connectivity index (χ4v) is 1.25. The van der Waals surface area contributed by atoms with Gasteiger partial charge in [-0.25, -0.2) is 9.37 Å². The van der Waals surface area contributed by atoms with Crippen LogP contribution in [0.15, 0.2) is 36.8 Å². The fraction of sp³-hybridized carbons (Fsp3) is 0.100. The highest BCUT2D eigenvalue weighted by molar-refractivity contribution is 5.32. The van der Waals surface area contributed by atoms with Crippen LogP contribution in [0.25, 0.3) is 5.69 Å². The average Bonchev–Trinajstić information content (AvgIpc) is 2.66. The Morgan fingerprint density at radius 2 is 2.29 bits per heavy atom. The van der Waals surface area contributed by atoms with Gasteiger partial charge in [0, 0.05) is 18.4 Å². The minimum atomic E-state index is -0.259. The number of benzene rings is 1. The lowest BCUT2D eigenvalue weighted by Crippen LogP contribution is -1.96. The quantitative estimate of drug-likeness (QED) is 0.781. The summed E-state index contributed by atoms with van der Waals surface area (Å²) in [5, 5.41) is 0. The first kappa shape index (κ1) is 8.90. The number of halogens is 1. The van der Waals surface area contributed by atoms with Crippen LogP contribution in [0.3, 0.4) is 0 Å². The first-order valence-electron chi connectivity index (χ1n) is 4.28. The lowest BCUT2D eigenvalue weighted by atomic mass is 10.3. The highest BCUT2D eigenvalue weighted by Crippen LogP contribution is 2.09. The van der Waals surface area contributed by atoms with Crippen molar-refractivity contribution in [3.8, 4) is 5.69 Å². The molecule has 0 saturated carbocycles. The molecule has 0 atom stereocenters. The third kappa shape index (κ3) is 1.65. The molecule has 0 aliphatic heterocycles. The van der Waals surface area contributed by atoms with Gasteiger partial charge in [0.05, 0.1) is 12.0 Å². The van der Waals surface area contributed by atoms with Crippen molar-refractivity contribution in [2.45, 2.75) is 6.54 Å². The number of aromatic nitrogens is 2. The van der Waals surface area contributed by atoms with Gasteiger partial charge in [0.15, 0.2) is 0 Å². The first-order valence-corrected chi connectivity index (χ1v) is 4.28. The molecule has 4 heteroatoms. The molecule has 2 N–H and O–H groups in total. The van der Waals surface area contributed by atoms with Gasteiger partial charge in [-0.2, -0.15) is 0 Å². The minimum Gasteiger partial charge on any atom is -0.325 e. The van der Waals surface area contributed by atoms with E-state index in [2.05, 4.69) is 4.98 Å². The summed E-state index contributed by atoms with van der Waals surface area (Å²) in [6.07, 6.45) is 3.41. The van der Waals surface area contributed by atoms with E-state index in [1.165, 1.54) is 12.1 Å². The SMILES string of the molecule is NCc1cn(-c2cccc(F)c2)cn1. The van der Waals surface area contributed by atoms with Crippen LogP contribution in [-0.4, -0.2) is 9.55 Å². The molecule has 1 aromatic carbocycles. The highest BCUT2D eigenvalue weighted by atomic mass is 19.1. The van der Waals surface area contributed by atoms with Crippen LogP contribution < -0.4 is 5.73 Å². The van der Waals surface area contributed by atoms with Crippen LogP contribution in [0.5, 0.6) is 0 Å². The van der Waals surface area contributed by atoms with Gasteiger partial charge >= 0.3 is 0 Å².